The molecule has 23 heavy (non-hydrogen) atoms. The summed E-state index contributed by atoms with van der Waals surface area (Å²) in [5, 5.41) is 3.57. The Morgan fingerprint density at radius 3 is 2.61 bits per heavy atom. The molecule has 1 aromatic rings. The molecule has 2 rings (SSSR count). The van der Waals surface area contributed by atoms with Gasteiger partial charge >= 0.3 is 5.97 Å². The number of hydrogen-bond acceptors (Lipinski definition) is 3. The quantitative estimate of drug-likeness (QED) is 0.642. The molecule has 1 N–H and O–H groups in total. The van der Waals surface area contributed by atoms with E-state index in [9.17, 15) is 9.18 Å². The zero-order chi connectivity index (χ0) is 17.1. The van der Waals surface area contributed by atoms with Crippen molar-refractivity contribution in [3.63, 3.8) is 0 Å². The van der Waals surface area contributed by atoms with Crippen LogP contribution in [-0.4, -0.2) is 29.3 Å². The second kappa shape index (κ2) is 7.45. The average Bonchev–Trinajstić information content (AvgIpc) is 3.26. The van der Waals surface area contributed by atoms with E-state index in [1.165, 1.54) is 12.1 Å². The zero-order valence-corrected chi connectivity index (χ0v) is 14.9. The van der Waals surface area contributed by atoms with Crippen LogP contribution in [0.3, 0.4) is 0 Å². The second-order valence-electron chi connectivity index (χ2n) is 5.85. The minimum Gasteiger partial charge on any atom is -0.461 e. The summed E-state index contributed by atoms with van der Waals surface area (Å²) in [6.07, 6.45) is 1.86. The topological polar surface area (TPSA) is 41.6 Å². The third-order valence-electron chi connectivity index (χ3n) is 3.39. The normalized spacial score (nSPS) is 15.2. The standard InChI is InChI=1S/C16H20ClFN2O2S/c1-9(2)22-15(21)10(3)20(16(23)19-11-4-5-11)12-6-7-14(18)13(17)8-12/h6-11H,4-5H2,1-3H3,(H,19,23). The summed E-state index contributed by atoms with van der Waals surface area (Å²) in [6.45, 7) is 5.26. The third-order valence-corrected chi connectivity index (χ3v) is 3.99. The highest BCUT2D eigenvalue weighted by atomic mass is 35.5. The van der Waals surface area contributed by atoms with Crippen molar-refractivity contribution in [1.29, 1.82) is 0 Å². The fourth-order valence-electron chi connectivity index (χ4n) is 2.06. The van der Waals surface area contributed by atoms with Gasteiger partial charge in [-0.15, -0.1) is 0 Å². The van der Waals surface area contributed by atoms with Gasteiger partial charge in [-0.1, -0.05) is 11.6 Å². The molecule has 0 bridgehead atoms. The van der Waals surface area contributed by atoms with Crippen molar-refractivity contribution in [2.75, 3.05) is 4.90 Å². The Labute approximate surface area is 145 Å². The number of ether oxygens (including phenoxy) is 1. The average molecular weight is 359 g/mol. The van der Waals surface area contributed by atoms with E-state index in [4.69, 9.17) is 28.6 Å². The first-order valence-electron chi connectivity index (χ1n) is 7.55. The molecule has 1 unspecified atom stereocenters. The monoisotopic (exact) mass is 358 g/mol. The number of thiocarbonyl (C=S) groups is 1. The Kier molecular flexibility index (Phi) is 5.81. The molecule has 1 fully saturated rings. The van der Waals surface area contributed by atoms with Crippen molar-refractivity contribution in [1.82, 2.24) is 5.32 Å². The van der Waals surface area contributed by atoms with Crippen molar-refractivity contribution in [3.05, 3.63) is 29.0 Å². The number of nitrogens with one attached hydrogen (secondary N) is 1. The van der Waals surface area contributed by atoms with Crippen LogP contribution in [0.4, 0.5) is 10.1 Å². The summed E-state index contributed by atoms with van der Waals surface area (Å²) in [4.78, 5) is 13.9. The van der Waals surface area contributed by atoms with Gasteiger partial charge in [-0.3, -0.25) is 0 Å². The number of hydrogen-bond donors (Lipinski definition) is 1. The van der Waals surface area contributed by atoms with Gasteiger partial charge in [0, 0.05) is 11.7 Å². The van der Waals surface area contributed by atoms with Crippen molar-refractivity contribution in [2.45, 2.75) is 51.8 Å². The number of nitrogens with zero attached hydrogens (tertiary/aromatic N) is 1. The summed E-state index contributed by atoms with van der Waals surface area (Å²) in [5.41, 5.74) is 0.544. The van der Waals surface area contributed by atoms with Crippen LogP contribution < -0.4 is 10.2 Å². The number of carbonyl (C=O) groups is 1. The van der Waals surface area contributed by atoms with Crippen LogP contribution in [0.5, 0.6) is 0 Å². The van der Waals surface area contributed by atoms with Crippen LogP contribution in [0, 0.1) is 5.82 Å². The number of benzene rings is 1. The van der Waals surface area contributed by atoms with Crippen molar-refractivity contribution >= 4 is 40.6 Å². The number of carbonyl (C=O) groups excluding carboxylic acids is 1. The lowest BCUT2D eigenvalue weighted by molar-refractivity contribution is -0.148. The molecule has 0 radical (unpaired) electrons. The van der Waals surface area contributed by atoms with Crippen LogP contribution in [0.15, 0.2) is 18.2 Å². The molecule has 0 amide bonds. The molecule has 4 nitrogen and oxygen atoms in total. The molecule has 0 aromatic heterocycles. The van der Waals surface area contributed by atoms with E-state index in [0.717, 1.165) is 12.8 Å². The van der Waals surface area contributed by atoms with Crippen molar-refractivity contribution < 1.29 is 13.9 Å². The summed E-state index contributed by atoms with van der Waals surface area (Å²) >= 11 is 11.3. The van der Waals surface area contributed by atoms with Crippen LogP contribution in [-0.2, 0) is 9.53 Å². The highest BCUT2D eigenvalue weighted by molar-refractivity contribution is 7.80. The summed E-state index contributed by atoms with van der Waals surface area (Å²) in [7, 11) is 0. The van der Waals surface area contributed by atoms with Crippen molar-refractivity contribution in [2.24, 2.45) is 0 Å². The van der Waals surface area contributed by atoms with E-state index >= 15 is 0 Å². The second-order valence-corrected chi connectivity index (χ2v) is 6.65. The smallest absolute Gasteiger partial charge is 0.329 e. The maximum absolute atomic E-state index is 13.4. The molecular weight excluding hydrogens is 339 g/mol. The lowest BCUT2D eigenvalue weighted by Gasteiger charge is -2.31. The van der Waals surface area contributed by atoms with E-state index < -0.39 is 17.8 Å². The van der Waals surface area contributed by atoms with Gasteiger partial charge in [0.15, 0.2) is 5.11 Å². The van der Waals surface area contributed by atoms with Crippen LogP contribution in [0.2, 0.25) is 5.02 Å². The fourth-order valence-corrected chi connectivity index (χ4v) is 2.66. The minimum absolute atomic E-state index is 0.0221. The number of rotatable bonds is 5. The molecule has 0 aliphatic heterocycles. The highest BCUT2D eigenvalue weighted by Crippen LogP contribution is 2.26. The largest absolute Gasteiger partial charge is 0.461 e. The molecule has 1 aliphatic rings. The highest BCUT2D eigenvalue weighted by Gasteiger charge is 2.31. The molecule has 1 aromatic carbocycles. The maximum Gasteiger partial charge on any atom is 0.329 e. The fraction of sp³-hybridized carbons (Fsp3) is 0.500. The predicted molar refractivity (Wildman–Crippen MR) is 93.3 cm³/mol. The first kappa shape index (κ1) is 17.9. The number of anilines is 1. The van der Waals surface area contributed by atoms with E-state index in [1.807, 2.05) is 0 Å². The van der Waals surface area contributed by atoms with Crippen LogP contribution in [0.25, 0.3) is 0 Å². The third kappa shape index (κ3) is 4.78. The Hall–Kier alpha value is -1.40. The Balaban J connectivity index is 2.27. The molecule has 1 aliphatic carbocycles. The Bertz CT molecular complexity index is 608. The maximum atomic E-state index is 13.4. The molecule has 1 atom stereocenters. The number of esters is 1. The SMILES string of the molecule is CC(C)OC(=O)C(C)N(C(=S)NC1CC1)c1ccc(F)c(Cl)c1. The van der Waals surface area contributed by atoms with E-state index in [2.05, 4.69) is 5.32 Å². The Morgan fingerprint density at radius 1 is 1.43 bits per heavy atom. The Morgan fingerprint density at radius 2 is 2.09 bits per heavy atom. The first-order chi connectivity index (χ1) is 10.8. The van der Waals surface area contributed by atoms with Gasteiger partial charge in [0.1, 0.15) is 11.9 Å². The number of halogens is 2. The van der Waals surface area contributed by atoms with Gasteiger partial charge < -0.3 is 15.0 Å². The minimum atomic E-state index is -0.655. The molecular formula is C16H20ClFN2O2S. The van der Waals surface area contributed by atoms with Gasteiger partial charge in [0.25, 0.3) is 0 Å². The molecule has 0 saturated heterocycles. The summed E-state index contributed by atoms with van der Waals surface area (Å²) in [6, 6.07) is 3.93. The lowest BCUT2D eigenvalue weighted by atomic mass is 10.2. The van der Waals surface area contributed by atoms with Gasteiger partial charge in [-0.05, 0) is 64.0 Å². The predicted octanol–water partition coefficient (Wildman–Crippen LogP) is 3.66. The lowest BCUT2D eigenvalue weighted by Crippen LogP contribution is -2.50. The van der Waals surface area contributed by atoms with Crippen LogP contribution in [0.1, 0.15) is 33.6 Å². The van der Waals surface area contributed by atoms with Gasteiger partial charge in [-0.2, -0.15) is 0 Å². The first-order valence-corrected chi connectivity index (χ1v) is 8.33. The van der Waals surface area contributed by atoms with E-state index in [0.29, 0.717) is 16.8 Å². The van der Waals surface area contributed by atoms with Gasteiger partial charge in [-0.25, -0.2) is 9.18 Å². The van der Waals surface area contributed by atoms with Gasteiger partial charge in [0.05, 0.1) is 11.1 Å². The van der Waals surface area contributed by atoms with Crippen LogP contribution >= 0.6 is 23.8 Å². The summed E-state index contributed by atoms with van der Waals surface area (Å²) in [5.74, 6) is -0.922. The van der Waals surface area contributed by atoms with E-state index in [1.54, 1.807) is 31.7 Å². The van der Waals surface area contributed by atoms with E-state index in [-0.39, 0.29) is 11.1 Å². The molecule has 7 heteroatoms. The molecule has 126 valence electrons. The summed E-state index contributed by atoms with van der Waals surface area (Å²) < 4.78 is 18.7. The molecule has 0 heterocycles. The molecule has 0 spiro atoms. The zero-order valence-electron chi connectivity index (χ0n) is 13.3. The molecule has 1 saturated carbocycles. The van der Waals surface area contributed by atoms with Crippen molar-refractivity contribution in [3.8, 4) is 0 Å². The van der Waals surface area contributed by atoms with Gasteiger partial charge in [0.2, 0.25) is 0 Å².